The minimum atomic E-state index is -0.308. The second-order valence-corrected chi connectivity index (χ2v) is 8.14. The summed E-state index contributed by atoms with van der Waals surface area (Å²) in [5, 5.41) is 8.68. The summed E-state index contributed by atoms with van der Waals surface area (Å²) in [6.45, 7) is 0. The minimum Gasteiger partial charge on any atom is -0.497 e. The molecule has 2 aliphatic rings. The van der Waals surface area contributed by atoms with E-state index in [0.717, 1.165) is 39.5 Å². The van der Waals surface area contributed by atoms with Gasteiger partial charge < -0.3 is 14.8 Å². The van der Waals surface area contributed by atoms with Crippen molar-refractivity contribution < 1.29 is 9.47 Å². The van der Waals surface area contributed by atoms with Gasteiger partial charge in [-0.3, -0.25) is 0 Å². The Morgan fingerprint density at radius 1 is 1.00 bits per heavy atom. The third kappa shape index (κ3) is 2.95. The van der Waals surface area contributed by atoms with Gasteiger partial charge in [-0.1, -0.05) is 54.1 Å². The first-order valence-corrected chi connectivity index (χ1v) is 10.7. The van der Waals surface area contributed by atoms with Crippen molar-refractivity contribution >= 4 is 23.2 Å². The number of hydrogen-bond acceptors (Lipinski definition) is 5. The Bertz CT molecular complexity index is 1330. The number of fused-ring (bicyclic) bond motifs is 3. The fourth-order valence-electron chi connectivity index (χ4n) is 4.45. The van der Waals surface area contributed by atoms with Crippen molar-refractivity contribution in [1.29, 1.82) is 0 Å². The molecule has 3 aromatic carbocycles. The zero-order chi connectivity index (χ0) is 21.7. The Hall–Kier alpha value is -3.77. The highest BCUT2D eigenvalue weighted by molar-refractivity contribution is 6.30. The summed E-state index contributed by atoms with van der Waals surface area (Å²) in [4.78, 5) is 4.46. The molecule has 0 radical (unpaired) electrons. The fraction of sp³-hybridized carbons (Fsp3) is 0.120. The Morgan fingerprint density at radius 3 is 2.59 bits per heavy atom. The molecule has 0 saturated heterocycles. The average molecular weight is 443 g/mol. The van der Waals surface area contributed by atoms with E-state index in [4.69, 9.17) is 21.1 Å². The number of rotatable bonds is 3. The van der Waals surface area contributed by atoms with E-state index >= 15 is 0 Å². The number of benzene rings is 3. The molecule has 0 amide bonds. The zero-order valence-electron chi connectivity index (χ0n) is 17.2. The Balaban J connectivity index is 1.62. The molecule has 0 spiro atoms. The molecule has 1 N–H and O–H groups in total. The van der Waals surface area contributed by atoms with Crippen LogP contribution in [-0.4, -0.2) is 21.9 Å². The first-order chi connectivity index (χ1) is 15.7. The van der Waals surface area contributed by atoms with Crippen LogP contribution in [-0.2, 0) is 0 Å². The smallest absolute Gasteiger partial charge is 0.226 e. The first kappa shape index (κ1) is 19.0. The number of anilines is 1. The van der Waals surface area contributed by atoms with Crippen LogP contribution in [0.5, 0.6) is 11.5 Å². The van der Waals surface area contributed by atoms with Gasteiger partial charge in [0.2, 0.25) is 5.95 Å². The summed E-state index contributed by atoms with van der Waals surface area (Å²) in [5.41, 5.74) is 5.02. The Kier molecular flexibility index (Phi) is 4.40. The lowest BCUT2D eigenvalue weighted by atomic mass is 9.84. The number of methoxy groups -OCH3 is 1. The lowest BCUT2D eigenvalue weighted by Gasteiger charge is -2.39. The monoisotopic (exact) mass is 442 g/mol. The highest BCUT2D eigenvalue weighted by Gasteiger charge is 2.40. The first-order valence-electron chi connectivity index (χ1n) is 10.3. The highest BCUT2D eigenvalue weighted by atomic mass is 35.5. The van der Waals surface area contributed by atoms with E-state index in [1.807, 2.05) is 53.2 Å². The van der Waals surface area contributed by atoms with Crippen molar-refractivity contribution in [2.24, 2.45) is 0 Å². The lowest BCUT2D eigenvalue weighted by Crippen LogP contribution is -2.32. The molecule has 6 rings (SSSR count). The molecule has 0 unspecified atom stereocenters. The van der Waals surface area contributed by atoms with Crippen LogP contribution in [0, 0.1) is 0 Å². The van der Waals surface area contributed by atoms with Crippen molar-refractivity contribution in [2.45, 2.75) is 12.1 Å². The second-order valence-electron chi connectivity index (χ2n) is 7.71. The molecular weight excluding hydrogens is 424 g/mol. The van der Waals surface area contributed by atoms with Crippen molar-refractivity contribution in [2.75, 3.05) is 12.4 Å². The van der Waals surface area contributed by atoms with Gasteiger partial charge in [-0.05, 0) is 41.5 Å². The maximum absolute atomic E-state index is 6.59. The van der Waals surface area contributed by atoms with Crippen LogP contribution in [0.3, 0.4) is 0 Å². The predicted molar refractivity (Wildman–Crippen MR) is 123 cm³/mol. The van der Waals surface area contributed by atoms with E-state index in [1.54, 1.807) is 13.4 Å². The standard InChI is InChI=1S/C25H19ClN4O2/c1-31-18-10-7-15(8-11-18)23-21-22(29-25-27-14-28-30(23)25)19-13-17(26)9-12-20(19)32-24(21)16-5-3-2-4-6-16/h2-14,23-24H,1H3,(H,27,28,29)/t23-,24+/m0/s1. The molecule has 0 saturated carbocycles. The van der Waals surface area contributed by atoms with Gasteiger partial charge in [0, 0.05) is 16.2 Å². The summed E-state index contributed by atoms with van der Waals surface area (Å²) in [5.74, 6) is 2.24. The second kappa shape index (κ2) is 7.43. The molecule has 32 heavy (non-hydrogen) atoms. The van der Waals surface area contributed by atoms with Crippen LogP contribution in [0.2, 0.25) is 5.02 Å². The highest BCUT2D eigenvalue weighted by Crippen LogP contribution is 2.51. The molecule has 2 atom stereocenters. The number of nitrogens with one attached hydrogen (secondary N) is 1. The number of halogens is 1. The van der Waals surface area contributed by atoms with Gasteiger partial charge in [-0.15, -0.1) is 0 Å². The molecule has 6 nitrogen and oxygen atoms in total. The van der Waals surface area contributed by atoms with E-state index in [9.17, 15) is 0 Å². The van der Waals surface area contributed by atoms with Crippen LogP contribution in [0.4, 0.5) is 5.95 Å². The van der Waals surface area contributed by atoms with Gasteiger partial charge in [0.25, 0.3) is 0 Å². The minimum absolute atomic E-state index is 0.216. The number of aromatic nitrogens is 3. The number of nitrogens with zero attached hydrogens (tertiary/aromatic N) is 3. The van der Waals surface area contributed by atoms with Crippen molar-refractivity contribution in [3.63, 3.8) is 0 Å². The van der Waals surface area contributed by atoms with Crippen LogP contribution in [0.15, 0.2) is 84.7 Å². The summed E-state index contributed by atoms with van der Waals surface area (Å²) >= 11 is 6.37. The van der Waals surface area contributed by atoms with Crippen LogP contribution in [0.25, 0.3) is 5.70 Å². The lowest BCUT2D eigenvalue weighted by molar-refractivity contribution is 0.223. The average Bonchev–Trinajstić information content (AvgIpc) is 3.31. The predicted octanol–water partition coefficient (Wildman–Crippen LogP) is 5.50. The van der Waals surface area contributed by atoms with E-state index < -0.39 is 0 Å². The van der Waals surface area contributed by atoms with E-state index in [2.05, 4.69) is 39.7 Å². The summed E-state index contributed by atoms with van der Waals surface area (Å²) in [7, 11) is 1.66. The van der Waals surface area contributed by atoms with Gasteiger partial charge in [0.1, 0.15) is 30.0 Å². The SMILES string of the molecule is COc1ccc([C@H]2C3=C(Nc4ncnn42)c2cc(Cl)ccc2O[C@@H]3c2ccccc2)cc1. The van der Waals surface area contributed by atoms with Crippen LogP contribution >= 0.6 is 11.6 Å². The van der Waals surface area contributed by atoms with Crippen LogP contribution in [0.1, 0.15) is 28.8 Å². The maximum atomic E-state index is 6.59. The van der Waals surface area contributed by atoms with Gasteiger partial charge in [-0.2, -0.15) is 10.1 Å². The molecule has 1 aromatic heterocycles. The molecule has 2 aliphatic heterocycles. The van der Waals surface area contributed by atoms with E-state index in [-0.39, 0.29) is 12.1 Å². The van der Waals surface area contributed by atoms with E-state index in [0.29, 0.717) is 11.0 Å². The van der Waals surface area contributed by atoms with Gasteiger partial charge in [0.05, 0.1) is 12.8 Å². The third-order valence-corrected chi connectivity index (χ3v) is 6.14. The fourth-order valence-corrected chi connectivity index (χ4v) is 4.62. The largest absolute Gasteiger partial charge is 0.497 e. The summed E-state index contributed by atoms with van der Waals surface area (Å²) in [6.07, 6.45) is 1.26. The van der Waals surface area contributed by atoms with Gasteiger partial charge >= 0.3 is 0 Å². The zero-order valence-corrected chi connectivity index (χ0v) is 18.0. The molecule has 3 heterocycles. The quantitative estimate of drug-likeness (QED) is 0.454. The number of hydrogen-bond donors (Lipinski definition) is 1. The third-order valence-electron chi connectivity index (χ3n) is 5.91. The molecule has 4 aromatic rings. The normalized spacial score (nSPS) is 18.7. The summed E-state index contributed by atoms with van der Waals surface area (Å²) < 4.78 is 13.9. The molecular formula is C25H19ClN4O2. The Morgan fingerprint density at radius 2 is 1.81 bits per heavy atom. The topological polar surface area (TPSA) is 61.2 Å². The van der Waals surface area contributed by atoms with Gasteiger partial charge in [-0.25, -0.2) is 4.68 Å². The van der Waals surface area contributed by atoms with E-state index in [1.165, 1.54) is 0 Å². The summed E-state index contributed by atoms with van der Waals surface area (Å²) in [6, 6.07) is 23.7. The molecule has 0 fully saturated rings. The molecule has 158 valence electrons. The van der Waals surface area contributed by atoms with Crippen molar-refractivity contribution in [3.05, 3.63) is 106 Å². The number of ether oxygens (including phenoxy) is 2. The van der Waals surface area contributed by atoms with Crippen molar-refractivity contribution in [3.8, 4) is 11.5 Å². The maximum Gasteiger partial charge on any atom is 0.226 e. The van der Waals surface area contributed by atoms with Crippen molar-refractivity contribution in [1.82, 2.24) is 14.8 Å². The van der Waals surface area contributed by atoms with Gasteiger partial charge in [0.15, 0.2) is 0 Å². The molecule has 0 aliphatic carbocycles. The molecule has 7 heteroatoms. The Labute approximate surface area is 190 Å². The van der Waals surface area contributed by atoms with Crippen LogP contribution < -0.4 is 14.8 Å². The molecule has 0 bridgehead atoms.